The van der Waals surface area contributed by atoms with Gasteiger partial charge >= 0.3 is 0 Å². The van der Waals surface area contributed by atoms with E-state index in [1.807, 2.05) is 85.7 Å². The molecule has 0 aliphatic rings. The normalized spacial score (nSPS) is 14.9. The van der Waals surface area contributed by atoms with Crippen LogP contribution in [0.15, 0.2) is 71.1 Å². The zero-order valence-corrected chi connectivity index (χ0v) is 28.8. The van der Waals surface area contributed by atoms with E-state index in [-0.39, 0.29) is 28.2 Å². The highest BCUT2D eigenvalue weighted by atomic mass is 32.2. The van der Waals surface area contributed by atoms with Crippen LogP contribution >= 0.6 is 0 Å². The summed E-state index contributed by atoms with van der Waals surface area (Å²) < 4.78 is 27.7. The molecule has 0 saturated carbocycles. The summed E-state index contributed by atoms with van der Waals surface area (Å²) in [7, 11) is -0.723. The molecule has 9 nitrogen and oxygen atoms in total. The topological polar surface area (TPSA) is 125 Å². The molecular formula is C34H50N4O5S. The number of carbonyl (C=O) groups is 3. The number of hydrogen-bond acceptors (Lipinski definition) is 6. The molecule has 0 aliphatic carbocycles. The molecular weight excluding hydrogens is 576 g/mol. The first-order chi connectivity index (χ1) is 20.2. The van der Waals surface area contributed by atoms with E-state index >= 15 is 0 Å². The van der Waals surface area contributed by atoms with E-state index in [1.54, 1.807) is 32.3 Å². The molecule has 0 aromatic heterocycles. The van der Waals surface area contributed by atoms with Gasteiger partial charge in [-0.3, -0.25) is 14.4 Å². The summed E-state index contributed by atoms with van der Waals surface area (Å²) in [4.78, 5) is 42.3. The number of carbonyl (C=O) groups excluding carboxylic acids is 3. The zero-order valence-electron chi connectivity index (χ0n) is 28.0. The number of hydrogen-bond donors (Lipinski definition) is 3. The fourth-order valence-electron chi connectivity index (χ4n) is 5.14. The molecule has 0 spiro atoms. The van der Waals surface area contributed by atoms with Crippen molar-refractivity contribution < 1.29 is 22.8 Å². The molecule has 0 aliphatic heterocycles. The predicted octanol–water partition coefficient (Wildman–Crippen LogP) is 4.33. The largest absolute Gasteiger partial charge is 0.342 e. The van der Waals surface area contributed by atoms with Gasteiger partial charge in [-0.2, -0.15) is 0 Å². The van der Waals surface area contributed by atoms with Crippen LogP contribution in [-0.4, -0.2) is 63.3 Å². The van der Waals surface area contributed by atoms with E-state index < -0.39 is 44.9 Å². The molecule has 0 unspecified atom stereocenters. The van der Waals surface area contributed by atoms with Crippen molar-refractivity contribution >= 4 is 27.7 Å². The first-order valence-corrected chi connectivity index (χ1v) is 16.3. The minimum Gasteiger partial charge on any atom is -0.342 e. The fraction of sp³-hybridized carbons (Fsp3) is 0.500. The fourth-order valence-corrected chi connectivity index (χ4v) is 6.16. The maximum Gasteiger partial charge on any atom is 0.264 e. The first-order valence-electron chi connectivity index (χ1n) is 14.9. The van der Waals surface area contributed by atoms with Gasteiger partial charge in [-0.25, -0.2) is 13.1 Å². The molecule has 0 radical (unpaired) electrons. The van der Waals surface area contributed by atoms with Crippen LogP contribution in [-0.2, 0) is 29.8 Å². The number of aryl methyl sites for hydroxylation is 1. The van der Waals surface area contributed by atoms with Gasteiger partial charge in [0.2, 0.25) is 11.8 Å². The number of nitrogens with zero attached hydrogens (tertiary/aromatic N) is 1. The summed E-state index contributed by atoms with van der Waals surface area (Å²) in [6, 6.07) is 13.8. The Morgan fingerprint density at radius 2 is 1.43 bits per heavy atom. The third-order valence-electron chi connectivity index (χ3n) is 8.01. The van der Waals surface area contributed by atoms with Crippen LogP contribution in [0.3, 0.4) is 0 Å². The van der Waals surface area contributed by atoms with Gasteiger partial charge in [-0.1, -0.05) is 103 Å². The monoisotopic (exact) mass is 626 g/mol. The Kier molecular flexibility index (Phi) is 12.1. The maximum atomic E-state index is 14.1. The Morgan fingerprint density at radius 3 is 1.91 bits per heavy atom. The van der Waals surface area contributed by atoms with Crippen molar-refractivity contribution in [2.75, 3.05) is 14.1 Å². The molecule has 2 aromatic carbocycles. The van der Waals surface area contributed by atoms with E-state index in [4.69, 9.17) is 0 Å². The number of sulfonamides is 1. The highest BCUT2D eigenvalue weighted by molar-refractivity contribution is 7.90. The number of nitrogens with one attached hydrogen (secondary N) is 3. The number of amides is 3. The number of benzene rings is 2. The van der Waals surface area contributed by atoms with Gasteiger partial charge in [0.1, 0.15) is 6.04 Å². The number of likely N-dealkylation sites (N-methyl/N-ethyl adjacent to an activating group) is 2. The van der Waals surface area contributed by atoms with Gasteiger partial charge in [0.25, 0.3) is 15.9 Å². The van der Waals surface area contributed by atoms with Crippen molar-refractivity contribution in [3.8, 4) is 0 Å². The van der Waals surface area contributed by atoms with E-state index in [0.717, 1.165) is 11.1 Å². The quantitative estimate of drug-likeness (QED) is 0.302. The van der Waals surface area contributed by atoms with Gasteiger partial charge in [0.05, 0.1) is 17.0 Å². The van der Waals surface area contributed by atoms with Crippen LogP contribution in [0.5, 0.6) is 0 Å². The highest BCUT2D eigenvalue weighted by Crippen LogP contribution is 2.29. The predicted molar refractivity (Wildman–Crippen MR) is 175 cm³/mol. The van der Waals surface area contributed by atoms with Gasteiger partial charge in [-0.05, 0) is 49.9 Å². The average Bonchev–Trinajstić information content (AvgIpc) is 2.93. The molecule has 242 valence electrons. The van der Waals surface area contributed by atoms with E-state index in [1.165, 1.54) is 24.0 Å². The highest BCUT2D eigenvalue weighted by Gasteiger charge is 2.41. The average molecular weight is 627 g/mol. The van der Waals surface area contributed by atoms with Crippen molar-refractivity contribution in [3.05, 3.63) is 77.4 Å². The van der Waals surface area contributed by atoms with Crippen LogP contribution in [0.1, 0.15) is 66.5 Å². The summed E-state index contributed by atoms with van der Waals surface area (Å²) in [5.41, 5.74) is 0.800. The second-order valence-electron chi connectivity index (χ2n) is 13.4. The molecule has 0 bridgehead atoms. The molecule has 44 heavy (non-hydrogen) atoms. The molecule has 0 saturated heterocycles. The zero-order chi connectivity index (χ0) is 33.6. The second-order valence-corrected chi connectivity index (χ2v) is 15.1. The lowest BCUT2D eigenvalue weighted by Gasteiger charge is -2.40. The Hall–Kier alpha value is -3.50. The lowest BCUT2D eigenvalue weighted by Crippen LogP contribution is -2.61. The molecule has 2 rings (SSSR count). The Balaban J connectivity index is 2.33. The van der Waals surface area contributed by atoms with E-state index in [2.05, 4.69) is 15.4 Å². The van der Waals surface area contributed by atoms with Crippen LogP contribution < -0.4 is 15.4 Å². The Labute approximate surface area is 263 Å². The minimum absolute atomic E-state index is 0.0176. The van der Waals surface area contributed by atoms with Crippen LogP contribution in [0.25, 0.3) is 0 Å². The molecule has 0 fully saturated rings. The van der Waals surface area contributed by atoms with Gasteiger partial charge in [0.15, 0.2) is 0 Å². The van der Waals surface area contributed by atoms with Gasteiger partial charge < -0.3 is 15.5 Å². The Morgan fingerprint density at radius 1 is 0.886 bits per heavy atom. The smallest absolute Gasteiger partial charge is 0.264 e. The summed E-state index contributed by atoms with van der Waals surface area (Å²) in [5.74, 6) is -1.54. The molecule has 2 aromatic rings. The standard InChI is InChI=1S/C34H50N4O5S/c1-22(2)27(21-24(4)30(39)37-44(42,43)26-19-17-23(3)18-20-26)38(11)32(41)29(33(5,6)7)36-31(40)28(35-10)34(8,9)25-15-13-12-14-16-25/h12-22,27-29,35H,1-11H3,(H,36,40)(H,37,39)/b24-21+/t27-,28-,29-/m1/s1. The van der Waals surface area contributed by atoms with E-state index in [0.29, 0.717) is 0 Å². The van der Waals surface area contributed by atoms with Crippen molar-refractivity contribution in [1.82, 2.24) is 20.3 Å². The lowest BCUT2D eigenvalue weighted by atomic mass is 9.76. The van der Waals surface area contributed by atoms with Gasteiger partial charge in [0, 0.05) is 18.0 Å². The Bertz CT molecular complexity index is 1440. The molecule has 3 atom stereocenters. The summed E-state index contributed by atoms with van der Waals surface area (Å²) in [5, 5.41) is 6.15. The lowest BCUT2D eigenvalue weighted by molar-refractivity contribution is -0.140. The summed E-state index contributed by atoms with van der Waals surface area (Å²) >= 11 is 0. The molecule has 0 heterocycles. The molecule has 3 N–H and O–H groups in total. The van der Waals surface area contributed by atoms with Crippen LogP contribution in [0, 0.1) is 18.3 Å². The van der Waals surface area contributed by atoms with Crippen molar-refractivity contribution in [2.24, 2.45) is 11.3 Å². The number of rotatable bonds is 12. The third kappa shape index (κ3) is 9.01. The molecule has 10 heteroatoms. The maximum absolute atomic E-state index is 14.1. The van der Waals surface area contributed by atoms with Crippen molar-refractivity contribution in [2.45, 2.75) is 90.7 Å². The van der Waals surface area contributed by atoms with Crippen molar-refractivity contribution in [1.29, 1.82) is 0 Å². The van der Waals surface area contributed by atoms with Crippen molar-refractivity contribution in [3.63, 3.8) is 0 Å². The van der Waals surface area contributed by atoms with Crippen LogP contribution in [0.4, 0.5) is 0 Å². The summed E-state index contributed by atoms with van der Waals surface area (Å²) in [6.45, 7) is 16.8. The van der Waals surface area contributed by atoms with E-state index in [9.17, 15) is 22.8 Å². The minimum atomic E-state index is -4.08. The van der Waals surface area contributed by atoms with Gasteiger partial charge in [-0.15, -0.1) is 0 Å². The SMILES string of the molecule is CN[C@H](C(=O)N[C@H](C(=O)N(C)[C@H](/C=C(\C)C(=O)NS(=O)(=O)c1ccc(C)cc1)C(C)C)C(C)(C)C)C(C)(C)c1ccccc1. The third-order valence-corrected chi connectivity index (χ3v) is 9.35. The second kappa shape index (κ2) is 14.5. The summed E-state index contributed by atoms with van der Waals surface area (Å²) in [6.07, 6.45) is 1.60. The molecule has 3 amide bonds. The first kappa shape index (κ1) is 36.7. The van der Waals surface area contributed by atoms with Crippen LogP contribution in [0.2, 0.25) is 0 Å².